The van der Waals surface area contributed by atoms with Gasteiger partial charge in [-0.25, -0.2) is 0 Å². The fourth-order valence-corrected chi connectivity index (χ4v) is 4.15. The Morgan fingerprint density at radius 1 is 1.42 bits per heavy atom. The van der Waals surface area contributed by atoms with Crippen molar-refractivity contribution in [2.24, 2.45) is 18.9 Å². The first-order valence-electron chi connectivity index (χ1n) is 9.39. The molecule has 3 atom stereocenters. The minimum atomic E-state index is -0.0113. The summed E-state index contributed by atoms with van der Waals surface area (Å²) in [5.74, 6) is 0.861. The van der Waals surface area contributed by atoms with Gasteiger partial charge in [0.1, 0.15) is 5.69 Å². The number of aryl methyl sites for hydroxylation is 2. The lowest BCUT2D eigenvalue weighted by Crippen LogP contribution is -2.34. The monoisotopic (exact) mass is 357 g/mol. The predicted molar refractivity (Wildman–Crippen MR) is 97.6 cm³/mol. The first kappa shape index (κ1) is 17.3. The zero-order valence-electron chi connectivity index (χ0n) is 15.5. The van der Waals surface area contributed by atoms with Gasteiger partial charge in [-0.1, -0.05) is 0 Å². The van der Waals surface area contributed by atoms with Gasteiger partial charge in [-0.15, -0.1) is 0 Å². The van der Waals surface area contributed by atoms with E-state index >= 15 is 0 Å². The molecule has 4 rings (SSSR count). The van der Waals surface area contributed by atoms with Gasteiger partial charge in [0.05, 0.1) is 18.9 Å². The van der Waals surface area contributed by atoms with Gasteiger partial charge >= 0.3 is 0 Å². The second kappa shape index (κ2) is 7.25. The third kappa shape index (κ3) is 3.41. The van der Waals surface area contributed by atoms with E-state index in [1.165, 1.54) is 5.56 Å². The lowest BCUT2D eigenvalue weighted by molar-refractivity contribution is 0.0899. The van der Waals surface area contributed by atoms with Crippen LogP contribution in [0, 0.1) is 11.8 Å². The average molecular weight is 357 g/mol. The summed E-state index contributed by atoms with van der Waals surface area (Å²) in [5.41, 5.74) is 1.95. The molecule has 0 unspecified atom stereocenters. The average Bonchev–Trinajstić information content (AvgIpc) is 3.38. The highest BCUT2D eigenvalue weighted by Gasteiger charge is 2.43. The highest BCUT2D eigenvalue weighted by Crippen LogP contribution is 2.34. The van der Waals surface area contributed by atoms with Gasteiger partial charge in [0.2, 0.25) is 0 Å². The molecule has 4 heterocycles. The lowest BCUT2D eigenvalue weighted by atomic mass is 9.93. The molecule has 2 fully saturated rings. The number of hydrogen-bond acceptors (Lipinski definition) is 4. The van der Waals surface area contributed by atoms with Crippen molar-refractivity contribution >= 4 is 5.91 Å². The third-order valence-electron chi connectivity index (χ3n) is 5.63. The molecule has 0 aromatic carbocycles. The molecule has 0 spiro atoms. The summed E-state index contributed by atoms with van der Waals surface area (Å²) < 4.78 is 9.82. The van der Waals surface area contributed by atoms with Crippen molar-refractivity contribution in [2.45, 2.75) is 26.1 Å². The second-order valence-corrected chi connectivity index (χ2v) is 7.41. The zero-order chi connectivity index (χ0) is 18.1. The van der Waals surface area contributed by atoms with Gasteiger partial charge in [0, 0.05) is 69.6 Å². The minimum Gasteiger partial charge on any atom is -0.376 e. The molecule has 7 heteroatoms. The number of carbonyl (C=O) groups is 1. The van der Waals surface area contributed by atoms with Crippen LogP contribution in [0.5, 0.6) is 0 Å². The number of hydrogen-bond donors (Lipinski definition) is 1. The maximum Gasteiger partial charge on any atom is 0.267 e. The van der Waals surface area contributed by atoms with Crippen LogP contribution in [0.3, 0.4) is 0 Å². The molecule has 0 radical (unpaired) electrons. The summed E-state index contributed by atoms with van der Waals surface area (Å²) in [6.07, 6.45) is 6.25. The molecule has 2 aliphatic rings. The Morgan fingerprint density at radius 2 is 2.31 bits per heavy atom. The standard InChI is InChI=1S/C19H27N5O2/c1-3-24-10-14(7-21-24)9-23-11-16-15(13-26-18(16)12-23)8-20-19(25)17-5-4-6-22(17)2/h4-7,10,15-16,18H,3,8-9,11-13H2,1-2H3,(H,20,25)/t15-,16-,18-/m1/s1. The van der Waals surface area contributed by atoms with E-state index in [-0.39, 0.29) is 12.0 Å². The van der Waals surface area contributed by atoms with E-state index in [1.807, 2.05) is 40.8 Å². The van der Waals surface area contributed by atoms with Gasteiger partial charge < -0.3 is 14.6 Å². The van der Waals surface area contributed by atoms with E-state index in [0.29, 0.717) is 24.1 Å². The van der Waals surface area contributed by atoms with Gasteiger partial charge in [-0.2, -0.15) is 5.10 Å². The van der Waals surface area contributed by atoms with E-state index in [2.05, 4.69) is 28.4 Å². The van der Waals surface area contributed by atoms with E-state index in [4.69, 9.17) is 4.74 Å². The smallest absolute Gasteiger partial charge is 0.267 e. The third-order valence-corrected chi connectivity index (χ3v) is 5.63. The zero-order valence-corrected chi connectivity index (χ0v) is 15.5. The van der Waals surface area contributed by atoms with Crippen LogP contribution in [0.2, 0.25) is 0 Å². The van der Waals surface area contributed by atoms with Crippen molar-refractivity contribution in [3.05, 3.63) is 42.0 Å². The number of nitrogens with zero attached hydrogens (tertiary/aromatic N) is 4. The molecular weight excluding hydrogens is 330 g/mol. The van der Waals surface area contributed by atoms with Crippen LogP contribution in [0.4, 0.5) is 0 Å². The van der Waals surface area contributed by atoms with Gasteiger partial charge in [0.15, 0.2) is 0 Å². The van der Waals surface area contributed by atoms with Crippen LogP contribution < -0.4 is 5.32 Å². The van der Waals surface area contributed by atoms with Crippen molar-refractivity contribution in [3.8, 4) is 0 Å². The molecule has 2 saturated heterocycles. The molecule has 2 aromatic heterocycles. The summed E-state index contributed by atoms with van der Waals surface area (Å²) >= 11 is 0. The quantitative estimate of drug-likeness (QED) is 0.841. The molecule has 1 N–H and O–H groups in total. The van der Waals surface area contributed by atoms with Crippen LogP contribution in [-0.2, 0) is 24.9 Å². The summed E-state index contributed by atoms with van der Waals surface area (Å²) in [6.45, 7) is 7.31. The number of nitrogens with one attached hydrogen (secondary N) is 1. The summed E-state index contributed by atoms with van der Waals surface area (Å²) in [6, 6.07) is 3.73. The van der Waals surface area contributed by atoms with Crippen LogP contribution in [0.15, 0.2) is 30.7 Å². The molecular formula is C19H27N5O2. The van der Waals surface area contributed by atoms with Gasteiger partial charge in [-0.05, 0) is 19.1 Å². The number of aromatic nitrogens is 3. The first-order valence-corrected chi connectivity index (χ1v) is 9.39. The van der Waals surface area contributed by atoms with Crippen molar-refractivity contribution in [1.29, 1.82) is 0 Å². The van der Waals surface area contributed by atoms with Crippen molar-refractivity contribution in [2.75, 3.05) is 26.2 Å². The Balaban J connectivity index is 1.30. The minimum absolute atomic E-state index is 0.0113. The Labute approximate surface area is 153 Å². The SMILES string of the molecule is CCn1cc(CN2C[C@@H]3[C@H](CNC(=O)c4cccn4C)CO[C@@H]3C2)cn1. The fourth-order valence-electron chi connectivity index (χ4n) is 4.15. The lowest BCUT2D eigenvalue weighted by Gasteiger charge is -2.19. The van der Waals surface area contributed by atoms with E-state index in [9.17, 15) is 4.79 Å². The number of ether oxygens (including phenoxy) is 1. The van der Waals surface area contributed by atoms with E-state index in [1.54, 1.807) is 0 Å². The molecule has 2 aromatic rings. The van der Waals surface area contributed by atoms with Crippen LogP contribution in [-0.4, -0.2) is 57.5 Å². The molecule has 0 aliphatic carbocycles. The Hall–Kier alpha value is -2.12. The molecule has 0 saturated carbocycles. The summed E-state index contributed by atoms with van der Waals surface area (Å²) in [5, 5.41) is 7.44. The summed E-state index contributed by atoms with van der Waals surface area (Å²) in [4.78, 5) is 14.8. The normalized spacial score (nSPS) is 25.5. The Morgan fingerprint density at radius 3 is 3.04 bits per heavy atom. The predicted octanol–water partition coefficient (Wildman–Crippen LogP) is 1.12. The van der Waals surface area contributed by atoms with E-state index < -0.39 is 0 Å². The molecule has 1 amide bonds. The van der Waals surface area contributed by atoms with Crippen molar-refractivity contribution in [3.63, 3.8) is 0 Å². The largest absolute Gasteiger partial charge is 0.376 e. The highest BCUT2D eigenvalue weighted by molar-refractivity contribution is 5.92. The first-order chi connectivity index (χ1) is 12.6. The Kier molecular flexibility index (Phi) is 4.82. The van der Waals surface area contributed by atoms with Crippen molar-refractivity contribution < 1.29 is 9.53 Å². The van der Waals surface area contributed by atoms with Crippen LogP contribution >= 0.6 is 0 Å². The van der Waals surface area contributed by atoms with E-state index in [0.717, 1.165) is 32.8 Å². The van der Waals surface area contributed by atoms with Crippen LogP contribution in [0.25, 0.3) is 0 Å². The summed E-state index contributed by atoms with van der Waals surface area (Å²) in [7, 11) is 1.89. The topological polar surface area (TPSA) is 64.3 Å². The number of fused-ring (bicyclic) bond motifs is 1. The number of carbonyl (C=O) groups excluding carboxylic acids is 1. The maximum atomic E-state index is 12.3. The van der Waals surface area contributed by atoms with Crippen molar-refractivity contribution in [1.82, 2.24) is 24.6 Å². The van der Waals surface area contributed by atoms with Gasteiger partial charge in [-0.3, -0.25) is 14.4 Å². The molecule has 7 nitrogen and oxygen atoms in total. The second-order valence-electron chi connectivity index (χ2n) is 7.41. The molecule has 140 valence electrons. The van der Waals surface area contributed by atoms with Gasteiger partial charge in [0.25, 0.3) is 5.91 Å². The highest BCUT2D eigenvalue weighted by atomic mass is 16.5. The Bertz CT molecular complexity index is 768. The number of rotatable bonds is 6. The molecule has 2 aliphatic heterocycles. The van der Waals surface area contributed by atoms with Crippen LogP contribution in [0.1, 0.15) is 23.0 Å². The molecule has 26 heavy (non-hydrogen) atoms. The number of amides is 1. The number of likely N-dealkylation sites (tertiary alicyclic amines) is 1. The maximum absolute atomic E-state index is 12.3. The molecule has 0 bridgehead atoms. The fraction of sp³-hybridized carbons (Fsp3) is 0.579.